The Morgan fingerprint density at radius 1 is 1.42 bits per heavy atom. The van der Waals surface area contributed by atoms with Crippen LogP contribution in [0.25, 0.3) is 0 Å². The summed E-state index contributed by atoms with van der Waals surface area (Å²) in [7, 11) is 0. The maximum Gasteiger partial charge on any atom is 0.334 e. The van der Waals surface area contributed by atoms with Gasteiger partial charge in [-0.2, -0.15) is 0 Å². The third kappa shape index (κ3) is 3.96. The Bertz CT molecular complexity index is 703. The normalized spacial score (nSPS) is 35.8. The van der Waals surface area contributed by atoms with E-state index in [9.17, 15) is 14.4 Å². The van der Waals surface area contributed by atoms with Crippen molar-refractivity contribution in [3.63, 3.8) is 0 Å². The molecule has 26 heavy (non-hydrogen) atoms. The smallest absolute Gasteiger partial charge is 0.334 e. The molecule has 140 valence electrons. The minimum atomic E-state index is -0.544. The fourth-order valence-electron chi connectivity index (χ4n) is 3.65. The van der Waals surface area contributed by atoms with Gasteiger partial charge < -0.3 is 14.2 Å². The molecule has 2 aliphatic heterocycles. The molecule has 0 N–H and O–H groups in total. The molecule has 0 amide bonds. The fraction of sp³-hybridized carbons (Fsp3) is 0.550. The number of allylic oxidation sites excluding steroid dienone is 2. The quantitative estimate of drug-likeness (QED) is 0.331. The second kappa shape index (κ2) is 7.19. The van der Waals surface area contributed by atoms with E-state index in [1.165, 1.54) is 13.0 Å². The molecule has 0 spiro atoms. The van der Waals surface area contributed by atoms with E-state index in [4.69, 9.17) is 14.2 Å². The van der Waals surface area contributed by atoms with Crippen LogP contribution in [-0.4, -0.2) is 42.1 Å². The predicted octanol–water partition coefficient (Wildman–Crippen LogP) is 2.43. The van der Waals surface area contributed by atoms with Crippen molar-refractivity contribution in [3.05, 3.63) is 36.0 Å². The highest BCUT2D eigenvalue weighted by Gasteiger charge is 2.61. The summed E-state index contributed by atoms with van der Waals surface area (Å²) < 4.78 is 16.6. The molecule has 0 radical (unpaired) electrons. The first kappa shape index (κ1) is 18.6. The summed E-state index contributed by atoms with van der Waals surface area (Å²) in [5.41, 5.74) is 1.20. The monoisotopic (exact) mass is 360 g/mol. The van der Waals surface area contributed by atoms with E-state index < -0.39 is 5.97 Å². The van der Waals surface area contributed by atoms with E-state index in [0.29, 0.717) is 18.4 Å². The highest BCUT2D eigenvalue weighted by atomic mass is 16.6. The number of ketones is 1. The van der Waals surface area contributed by atoms with Crippen molar-refractivity contribution in [3.8, 4) is 0 Å². The van der Waals surface area contributed by atoms with Crippen molar-refractivity contribution < 1.29 is 28.6 Å². The Labute approximate surface area is 152 Å². The standard InChI is InChI=1S/C20H24O6/c1-12(21)6-9-16(22)24-11-14-5-4-10-20(3)18(26-20)17-15(8-7-14)13(2)19(23)25-17/h5-6,9,15,17-18H,2,4,7-8,10-11H2,1,3H3/b9-6+,14-5+/t15-,17-,18-,20+/m0/s1. The minimum absolute atomic E-state index is 0.0693. The molecule has 0 bridgehead atoms. The number of fused-ring (bicyclic) bond motifs is 3. The molecule has 2 heterocycles. The van der Waals surface area contributed by atoms with Crippen LogP contribution in [0.3, 0.4) is 0 Å². The summed E-state index contributed by atoms with van der Waals surface area (Å²) in [6.45, 7) is 7.46. The molecule has 3 aliphatic rings. The number of ether oxygens (including phenoxy) is 3. The van der Waals surface area contributed by atoms with Crippen LogP contribution in [0.1, 0.15) is 39.5 Å². The Kier molecular flexibility index (Phi) is 5.14. The van der Waals surface area contributed by atoms with Crippen LogP contribution < -0.4 is 0 Å². The van der Waals surface area contributed by atoms with Crippen molar-refractivity contribution in [2.75, 3.05) is 6.61 Å². The Hall–Kier alpha value is -2.21. The lowest BCUT2D eigenvalue weighted by Gasteiger charge is -2.20. The zero-order valence-electron chi connectivity index (χ0n) is 15.2. The lowest BCUT2D eigenvalue weighted by atomic mass is 9.84. The second-order valence-corrected chi connectivity index (χ2v) is 7.34. The van der Waals surface area contributed by atoms with E-state index in [1.807, 2.05) is 6.92 Å². The molecular formula is C20H24O6. The molecule has 2 fully saturated rings. The molecule has 3 rings (SSSR count). The average Bonchev–Trinajstić information content (AvgIpc) is 3.17. The van der Waals surface area contributed by atoms with Crippen molar-refractivity contribution in [1.29, 1.82) is 0 Å². The molecule has 0 aromatic rings. The first-order valence-electron chi connectivity index (χ1n) is 8.91. The van der Waals surface area contributed by atoms with E-state index in [0.717, 1.165) is 24.5 Å². The number of hydrogen-bond acceptors (Lipinski definition) is 6. The molecule has 0 aromatic carbocycles. The topological polar surface area (TPSA) is 82.2 Å². The van der Waals surface area contributed by atoms with Crippen LogP contribution in [0, 0.1) is 5.92 Å². The van der Waals surface area contributed by atoms with E-state index in [2.05, 4.69) is 12.7 Å². The lowest BCUT2D eigenvalue weighted by Crippen LogP contribution is -2.29. The van der Waals surface area contributed by atoms with Crippen molar-refractivity contribution in [2.45, 2.75) is 57.3 Å². The van der Waals surface area contributed by atoms with Gasteiger partial charge in [0, 0.05) is 17.6 Å². The SMILES string of the molecule is C=C1C(=O)O[C@H]2[C@H]1CC/C(COC(=O)/C=C/C(C)=O)=C\CC[C@@]1(C)O[C@@H]21. The summed E-state index contributed by atoms with van der Waals surface area (Å²) in [6.07, 6.45) is 7.04. The zero-order valence-corrected chi connectivity index (χ0v) is 15.2. The Morgan fingerprint density at radius 2 is 2.19 bits per heavy atom. The molecule has 6 heteroatoms. The van der Waals surface area contributed by atoms with Gasteiger partial charge in [-0.3, -0.25) is 4.79 Å². The first-order chi connectivity index (χ1) is 12.3. The van der Waals surface area contributed by atoms with Crippen LogP contribution in [0.2, 0.25) is 0 Å². The van der Waals surface area contributed by atoms with Crippen LogP contribution >= 0.6 is 0 Å². The van der Waals surface area contributed by atoms with Gasteiger partial charge in [0.2, 0.25) is 0 Å². The molecule has 6 nitrogen and oxygen atoms in total. The molecule has 0 aromatic heterocycles. The molecular weight excluding hydrogens is 336 g/mol. The third-order valence-corrected chi connectivity index (χ3v) is 5.29. The van der Waals surface area contributed by atoms with Crippen molar-refractivity contribution in [2.24, 2.45) is 5.92 Å². The van der Waals surface area contributed by atoms with Gasteiger partial charge in [0.25, 0.3) is 0 Å². The van der Waals surface area contributed by atoms with Crippen molar-refractivity contribution >= 4 is 17.7 Å². The summed E-state index contributed by atoms with van der Waals surface area (Å²) in [5, 5.41) is 0. The highest BCUT2D eigenvalue weighted by molar-refractivity contribution is 5.94. The number of esters is 2. The zero-order chi connectivity index (χ0) is 18.9. The van der Waals surface area contributed by atoms with Crippen LogP contribution in [0.5, 0.6) is 0 Å². The van der Waals surface area contributed by atoms with Gasteiger partial charge in [0.05, 0.1) is 5.60 Å². The van der Waals surface area contributed by atoms with Crippen molar-refractivity contribution in [1.82, 2.24) is 0 Å². The largest absolute Gasteiger partial charge is 0.458 e. The Balaban J connectivity index is 1.66. The Morgan fingerprint density at radius 3 is 2.92 bits per heavy atom. The number of carbonyl (C=O) groups excluding carboxylic acids is 3. The minimum Gasteiger partial charge on any atom is -0.458 e. The maximum absolute atomic E-state index is 11.9. The molecule has 4 atom stereocenters. The summed E-state index contributed by atoms with van der Waals surface area (Å²) in [5.74, 6) is -1.17. The van der Waals surface area contributed by atoms with Crippen LogP contribution in [0.4, 0.5) is 0 Å². The number of rotatable bonds is 4. The van der Waals surface area contributed by atoms with Crippen LogP contribution in [0.15, 0.2) is 36.0 Å². The maximum atomic E-state index is 11.9. The van der Waals surface area contributed by atoms with E-state index in [1.54, 1.807) is 0 Å². The summed E-state index contributed by atoms with van der Waals surface area (Å²) in [6, 6.07) is 0. The van der Waals surface area contributed by atoms with Gasteiger partial charge in [-0.25, -0.2) is 9.59 Å². The fourth-order valence-corrected chi connectivity index (χ4v) is 3.65. The predicted molar refractivity (Wildman–Crippen MR) is 93.1 cm³/mol. The van der Waals surface area contributed by atoms with Gasteiger partial charge in [-0.05, 0) is 51.2 Å². The van der Waals surface area contributed by atoms with Gasteiger partial charge in [0.15, 0.2) is 5.78 Å². The van der Waals surface area contributed by atoms with Crippen LogP contribution in [-0.2, 0) is 28.6 Å². The highest BCUT2D eigenvalue weighted by Crippen LogP contribution is 2.49. The molecule has 0 saturated carbocycles. The first-order valence-corrected chi connectivity index (χ1v) is 8.91. The molecule has 2 saturated heterocycles. The summed E-state index contributed by atoms with van der Waals surface area (Å²) in [4.78, 5) is 34.5. The van der Waals surface area contributed by atoms with Gasteiger partial charge in [-0.1, -0.05) is 12.7 Å². The third-order valence-electron chi connectivity index (χ3n) is 5.29. The van der Waals surface area contributed by atoms with E-state index in [-0.39, 0.29) is 42.1 Å². The van der Waals surface area contributed by atoms with Gasteiger partial charge in [-0.15, -0.1) is 0 Å². The number of epoxide rings is 1. The molecule has 0 unspecified atom stereocenters. The van der Waals surface area contributed by atoms with Gasteiger partial charge in [0.1, 0.15) is 18.8 Å². The number of carbonyl (C=O) groups is 3. The van der Waals surface area contributed by atoms with Gasteiger partial charge >= 0.3 is 11.9 Å². The second-order valence-electron chi connectivity index (χ2n) is 7.34. The molecule has 1 aliphatic carbocycles. The summed E-state index contributed by atoms with van der Waals surface area (Å²) >= 11 is 0. The lowest BCUT2D eigenvalue weighted by molar-refractivity contribution is -0.140. The average molecular weight is 360 g/mol. The van der Waals surface area contributed by atoms with E-state index >= 15 is 0 Å². The number of hydrogen-bond donors (Lipinski definition) is 0.